The molecule has 1 N–H and O–H groups in total. The number of fused-ring (bicyclic) bond motifs is 1. The first-order chi connectivity index (χ1) is 16.4. The van der Waals surface area contributed by atoms with Gasteiger partial charge in [0.05, 0.1) is 5.75 Å². The quantitative estimate of drug-likeness (QED) is 0.504. The standard InChI is InChI=1S/C27H34FN3O2S/c1-2-34(32,33)31-12-8-21(9-13-31)26-18-29-27-7-6-22(17-25(26)27)23-14-20(15-24(28)16-23)19-30-10-4-3-5-11-30/h6-7,14-18,21,29H,2-5,8-13,19H2,1H3. The Morgan fingerprint density at radius 2 is 1.74 bits per heavy atom. The molecule has 0 saturated carbocycles. The first-order valence-electron chi connectivity index (χ1n) is 12.5. The van der Waals surface area contributed by atoms with E-state index in [-0.39, 0.29) is 11.6 Å². The van der Waals surface area contributed by atoms with Gasteiger partial charge >= 0.3 is 0 Å². The zero-order valence-electron chi connectivity index (χ0n) is 19.9. The normalized spacial score (nSPS) is 19.1. The highest BCUT2D eigenvalue weighted by Crippen LogP contribution is 2.36. The molecule has 34 heavy (non-hydrogen) atoms. The largest absolute Gasteiger partial charge is 0.361 e. The lowest BCUT2D eigenvalue weighted by atomic mass is 9.89. The van der Waals surface area contributed by atoms with Gasteiger partial charge < -0.3 is 4.98 Å². The predicted octanol–water partition coefficient (Wildman–Crippen LogP) is 5.49. The molecule has 182 valence electrons. The van der Waals surface area contributed by atoms with Gasteiger partial charge in [0.2, 0.25) is 10.0 Å². The molecule has 3 heterocycles. The van der Waals surface area contributed by atoms with Crippen molar-refractivity contribution in [2.24, 2.45) is 0 Å². The van der Waals surface area contributed by atoms with Crippen molar-refractivity contribution in [1.82, 2.24) is 14.2 Å². The number of benzene rings is 2. The average Bonchev–Trinajstić information content (AvgIpc) is 3.28. The van der Waals surface area contributed by atoms with E-state index >= 15 is 0 Å². The molecule has 0 aliphatic carbocycles. The number of hydrogen-bond donors (Lipinski definition) is 1. The second kappa shape index (κ2) is 9.80. The van der Waals surface area contributed by atoms with Crippen LogP contribution in [0, 0.1) is 5.82 Å². The van der Waals surface area contributed by atoms with Crippen molar-refractivity contribution in [1.29, 1.82) is 0 Å². The molecule has 5 rings (SSSR count). The number of sulfonamides is 1. The topological polar surface area (TPSA) is 56.4 Å². The van der Waals surface area contributed by atoms with E-state index in [0.29, 0.717) is 19.0 Å². The maximum absolute atomic E-state index is 14.6. The Morgan fingerprint density at radius 1 is 0.971 bits per heavy atom. The fourth-order valence-electron chi connectivity index (χ4n) is 5.57. The van der Waals surface area contributed by atoms with Crippen LogP contribution in [0.4, 0.5) is 4.39 Å². The van der Waals surface area contributed by atoms with Crippen LogP contribution in [0.5, 0.6) is 0 Å². The van der Waals surface area contributed by atoms with Gasteiger partial charge in [-0.1, -0.05) is 12.5 Å². The fraction of sp³-hybridized carbons (Fsp3) is 0.481. The SMILES string of the molecule is CCS(=O)(=O)N1CCC(c2c[nH]c3ccc(-c4cc(F)cc(CN5CCCCC5)c4)cc23)CC1. The third kappa shape index (κ3) is 4.92. The highest BCUT2D eigenvalue weighted by atomic mass is 32.2. The number of nitrogens with one attached hydrogen (secondary N) is 1. The van der Waals surface area contributed by atoms with Gasteiger partial charge in [0.25, 0.3) is 0 Å². The second-order valence-corrected chi connectivity index (χ2v) is 12.0. The monoisotopic (exact) mass is 483 g/mol. The van der Waals surface area contributed by atoms with E-state index in [1.54, 1.807) is 23.4 Å². The van der Waals surface area contributed by atoms with Crippen LogP contribution in [0.2, 0.25) is 0 Å². The molecule has 0 radical (unpaired) electrons. The summed E-state index contributed by atoms with van der Waals surface area (Å²) in [5.74, 6) is 0.277. The minimum absolute atomic E-state index is 0.154. The van der Waals surface area contributed by atoms with Gasteiger partial charge in [-0.3, -0.25) is 4.90 Å². The third-order valence-corrected chi connectivity index (χ3v) is 9.39. The molecule has 2 aromatic carbocycles. The Labute approximate surface area is 202 Å². The zero-order chi connectivity index (χ0) is 23.7. The highest BCUT2D eigenvalue weighted by molar-refractivity contribution is 7.89. The molecule has 0 spiro atoms. The van der Waals surface area contributed by atoms with Crippen molar-refractivity contribution in [3.8, 4) is 11.1 Å². The fourth-order valence-corrected chi connectivity index (χ4v) is 6.70. The molecule has 1 aromatic heterocycles. The summed E-state index contributed by atoms with van der Waals surface area (Å²) < 4.78 is 40.7. The van der Waals surface area contributed by atoms with Crippen molar-refractivity contribution in [3.05, 3.63) is 59.5 Å². The van der Waals surface area contributed by atoms with Crippen molar-refractivity contribution < 1.29 is 12.8 Å². The van der Waals surface area contributed by atoms with E-state index in [0.717, 1.165) is 60.1 Å². The van der Waals surface area contributed by atoms with Gasteiger partial charge in [-0.2, -0.15) is 0 Å². The molecule has 3 aromatic rings. The summed E-state index contributed by atoms with van der Waals surface area (Å²) in [5.41, 5.74) is 5.24. The van der Waals surface area contributed by atoms with Crippen molar-refractivity contribution in [3.63, 3.8) is 0 Å². The molecule has 0 bridgehead atoms. The lowest BCUT2D eigenvalue weighted by molar-refractivity contribution is 0.220. The van der Waals surface area contributed by atoms with Gasteiger partial charge in [-0.25, -0.2) is 17.1 Å². The number of halogens is 1. The van der Waals surface area contributed by atoms with Crippen LogP contribution in [0.1, 0.15) is 56.1 Å². The summed E-state index contributed by atoms with van der Waals surface area (Å²) in [6.07, 6.45) is 7.43. The van der Waals surface area contributed by atoms with E-state index in [1.165, 1.54) is 24.8 Å². The molecule has 0 atom stereocenters. The maximum Gasteiger partial charge on any atom is 0.213 e. The first-order valence-corrected chi connectivity index (χ1v) is 14.1. The number of hydrogen-bond acceptors (Lipinski definition) is 3. The van der Waals surface area contributed by atoms with Crippen molar-refractivity contribution >= 4 is 20.9 Å². The van der Waals surface area contributed by atoms with E-state index in [9.17, 15) is 12.8 Å². The molecule has 2 saturated heterocycles. The number of piperidine rings is 2. The van der Waals surface area contributed by atoms with Crippen LogP contribution in [0.3, 0.4) is 0 Å². The number of aromatic amines is 1. The summed E-state index contributed by atoms with van der Waals surface area (Å²) in [7, 11) is -3.13. The Bertz CT molecular complexity index is 1260. The Hall–Kier alpha value is -2.22. The third-order valence-electron chi connectivity index (χ3n) is 7.51. The first kappa shape index (κ1) is 23.5. The molecule has 2 aliphatic heterocycles. The number of nitrogens with zero attached hydrogens (tertiary/aromatic N) is 2. The van der Waals surface area contributed by atoms with Crippen LogP contribution in [-0.4, -0.2) is 54.5 Å². The van der Waals surface area contributed by atoms with E-state index in [4.69, 9.17) is 0 Å². The average molecular weight is 484 g/mol. The minimum Gasteiger partial charge on any atom is -0.361 e. The second-order valence-electron chi connectivity index (χ2n) is 9.76. The van der Waals surface area contributed by atoms with Gasteiger partial charge in [-0.15, -0.1) is 0 Å². The molecule has 0 unspecified atom stereocenters. The van der Waals surface area contributed by atoms with Crippen LogP contribution >= 0.6 is 0 Å². The van der Waals surface area contributed by atoms with Gasteiger partial charge in [0.15, 0.2) is 0 Å². The number of aromatic nitrogens is 1. The number of likely N-dealkylation sites (tertiary alicyclic amines) is 1. The van der Waals surface area contributed by atoms with Crippen LogP contribution in [-0.2, 0) is 16.6 Å². The summed E-state index contributed by atoms with van der Waals surface area (Å²) in [4.78, 5) is 5.80. The minimum atomic E-state index is -3.13. The number of rotatable bonds is 6. The van der Waals surface area contributed by atoms with Crippen LogP contribution in [0.15, 0.2) is 42.6 Å². The van der Waals surface area contributed by atoms with Crippen molar-refractivity contribution in [2.45, 2.75) is 51.5 Å². The summed E-state index contributed by atoms with van der Waals surface area (Å²) in [6, 6.07) is 11.7. The molecule has 7 heteroatoms. The van der Waals surface area contributed by atoms with Crippen LogP contribution in [0.25, 0.3) is 22.0 Å². The Morgan fingerprint density at radius 3 is 2.47 bits per heavy atom. The summed E-state index contributed by atoms with van der Waals surface area (Å²) in [6.45, 7) is 5.80. The highest BCUT2D eigenvalue weighted by Gasteiger charge is 2.28. The molecule has 2 fully saturated rings. The molecular formula is C27H34FN3O2S. The maximum atomic E-state index is 14.6. The molecule has 5 nitrogen and oxygen atoms in total. The Balaban J connectivity index is 1.39. The Kier molecular flexibility index (Phi) is 6.78. The number of H-pyrrole nitrogens is 1. The molecular weight excluding hydrogens is 449 g/mol. The zero-order valence-corrected chi connectivity index (χ0v) is 20.7. The van der Waals surface area contributed by atoms with E-state index in [1.807, 2.05) is 0 Å². The predicted molar refractivity (Wildman–Crippen MR) is 136 cm³/mol. The van der Waals surface area contributed by atoms with Crippen LogP contribution < -0.4 is 0 Å². The lowest BCUT2D eigenvalue weighted by Gasteiger charge is -2.30. The molecule has 2 aliphatic rings. The summed E-state index contributed by atoms with van der Waals surface area (Å²) in [5, 5.41) is 1.15. The van der Waals surface area contributed by atoms with Gasteiger partial charge in [0.1, 0.15) is 5.82 Å². The smallest absolute Gasteiger partial charge is 0.213 e. The van der Waals surface area contributed by atoms with Gasteiger partial charge in [0, 0.05) is 36.7 Å². The molecule has 0 amide bonds. The summed E-state index contributed by atoms with van der Waals surface area (Å²) >= 11 is 0. The van der Waals surface area contributed by atoms with E-state index in [2.05, 4.69) is 40.3 Å². The van der Waals surface area contributed by atoms with Crippen molar-refractivity contribution in [2.75, 3.05) is 31.9 Å². The van der Waals surface area contributed by atoms with E-state index < -0.39 is 10.0 Å². The lowest BCUT2D eigenvalue weighted by Crippen LogP contribution is -2.38. The van der Waals surface area contributed by atoms with Gasteiger partial charge in [-0.05, 0) is 104 Å².